The van der Waals surface area contributed by atoms with Crippen molar-refractivity contribution in [1.29, 1.82) is 0 Å². The first-order valence-corrected chi connectivity index (χ1v) is 15.1. The number of alkyl halides is 3. The molecule has 2 aromatic rings. The van der Waals surface area contributed by atoms with Crippen molar-refractivity contribution in [1.82, 2.24) is 4.90 Å². The van der Waals surface area contributed by atoms with Crippen molar-refractivity contribution in [2.75, 3.05) is 55.8 Å². The predicted molar refractivity (Wildman–Crippen MR) is 170 cm³/mol. The zero-order valence-electron chi connectivity index (χ0n) is 25.8. The Morgan fingerprint density at radius 2 is 1.83 bits per heavy atom. The van der Waals surface area contributed by atoms with Crippen molar-refractivity contribution in [3.05, 3.63) is 58.7 Å². The third-order valence-corrected chi connectivity index (χ3v) is 7.82. The Morgan fingerprint density at radius 3 is 2.45 bits per heavy atom. The Labute approximate surface area is 250 Å². The number of likely N-dealkylation sites (tertiary alicyclic amines) is 1. The molecule has 2 fully saturated rings. The number of anilines is 3. The van der Waals surface area contributed by atoms with E-state index in [4.69, 9.17) is 4.74 Å². The molecule has 1 atom stereocenters. The Morgan fingerprint density at radius 1 is 1.10 bits per heavy atom. The van der Waals surface area contributed by atoms with Crippen LogP contribution < -0.4 is 16.0 Å². The zero-order chi connectivity index (χ0) is 30.5. The fraction of sp³-hybridized carbons (Fsp3) is 0.529. The summed E-state index contributed by atoms with van der Waals surface area (Å²) < 4.78 is 37.9. The standard InChI is InChI=1S/C31H42N4O.C3H5F3/c1-5-25-21-27(32-4)11-12-30(25)33-16-7-8-23(2)20-29-24(3)9-6-10-31(29)34-26-13-17-35(18-14-26)28-15-19-36-22-28;1-2-3(4,5)6/h6,9-12,20-21,26,28,32-34H,5,13-19,22H2,1-4H3;2H2,1H3/b23-20+;. The van der Waals surface area contributed by atoms with Crippen LogP contribution in [0.1, 0.15) is 63.1 Å². The number of halogens is 3. The van der Waals surface area contributed by atoms with E-state index in [2.05, 4.69) is 95.9 Å². The van der Waals surface area contributed by atoms with Gasteiger partial charge in [0.05, 0.1) is 13.2 Å². The largest absolute Gasteiger partial charge is 0.388 e. The maximum Gasteiger partial charge on any atom is 0.388 e. The van der Waals surface area contributed by atoms with Crippen LogP contribution >= 0.6 is 0 Å². The number of allylic oxidation sites excluding steroid dienone is 1. The molecule has 0 spiro atoms. The lowest BCUT2D eigenvalue weighted by atomic mass is 9.99. The van der Waals surface area contributed by atoms with Gasteiger partial charge in [-0.1, -0.05) is 37.8 Å². The highest BCUT2D eigenvalue weighted by atomic mass is 19.4. The molecule has 5 nitrogen and oxygen atoms in total. The summed E-state index contributed by atoms with van der Waals surface area (Å²) in [5, 5.41) is 10.5. The van der Waals surface area contributed by atoms with E-state index < -0.39 is 12.6 Å². The maximum atomic E-state index is 10.8. The van der Waals surface area contributed by atoms with Crippen molar-refractivity contribution in [3.8, 4) is 11.8 Å². The average molecular weight is 585 g/mol. The number of benzene rings is 2. The molecule has 0 saturated carbocycles. The SMILES string of the molecule is CCC(F)(F)F.CCc1cc(NC)ccc1NCC#C/C(C)=C/c1c(C)cccc1NC1CCN(C2CCOC2)CC1. The summed E-state index contributed by atoms with van der Waals surface area (Å²) >= 11 is 0. The molecule has 3 N–H and O–H groups in total. The first-order chi connectivity index (χ1) is 20.1. The van der Waals surface area contributed by atoms with Crippen molar-refractivity contribution >= 4 is 23.1 Å². The Bertz CT molecular complexity index is 1220. The number of aryl methyl sites for hydroxylation is 2. The molecule has 2 heterocycles. The summed E-state index contributed by atoms with van der Waals surface area (Å²) in [6.07, 6.45) is 2.06. The number of ether oxygens (including phenoxy) is 1. The molecule has 0 aliphatic carbocycles. The molecule has 0 aromatic heterocycles. The van der Waals surface area contributed by atoms with Crippen molar-refractivity contribution in [3.63, 3.8) is 0 Å². The van der Waals surface area contributed by atoms with E-state index in [1.165, 1.54) is 41.6 Å². The highest BCUT2D eigenvalue weighted by Crippen LogP contribution is 2.27. The van der Waals surface area contributed by atoms with Gasteiger partial charge in [0.25, 0.3) is 0 Å². The summed E-state index contributed by atoms with van der Waals surface area (Å²) in [5.41, 5.74) is 8.41. The molecule has 2 aliphatic heterocycles. The lowest BCUT2D eigenvalue weighted by Gasteiger charge is -2.36. The van der Waals surface area contributed by atoms with Crippen LogP contribution in [0.5, 0.6) is 0 Å². The second-order valence-corrected chi connectivity index (χ2v) is 10.9. The Hall–Kier alpha value is -3.15. The van der Waals surface area contributed by atoms with E-state index in [-0.39, 0.29) is 0 Å². The van der Waals surface area contributed by atoms with Gasteiger partial charge in [-0.3, -0.25) is 4.90 Å². The van der Waals surface area contributed by atoms with E-state index in [9.17, 15) is 13.2 Å². The maximum absolute atomic E-state index is 10.8. The first kappa shape index (κ1) is 33.4. The van der Waals surface area contributed by atoms with Crippen LogP contribution in [0.2, 0.25) is 0 Å². The van der Waals surface area contributed by atoms with Crippen LogP contribution in [-0.4, -0.2) is 63.1 Å². The van der Waals surface area contributed by atoms with Crippen LogP contribution in [0.15, 0.2) is 42.0 Å². The van der Waals surface area contributed by atoms with E-state index >= 15 is 0 Å². The third kappa shape index (κ3) is 10.6. The monoisotopic (exact) mass is 584 g/mol. The summed E-state index contributed by atoms with van der Waals surface area (Å²) in [6, 6.07) is 14.1. The van der Waals surface area contributed by atoms with E-state index in [0.717, 1.165) is 56.6 Å². The molecular formula is C34H47F3N4O. The van der Waals surface area contributed by atoms with Gasteiger partial charge in [-0.2, -0.15) is 13.2 Å². The van der Waals surface area contributed by atoms with Crippen LogP contribution in [0.25, 0.3) is 6.08 Å². The second-order valence-electron chi connectivity index (χ2n) is 10.9. The number of hydrogen-bond acceptors (Lipinski definition) is 5. The highest BCUT2D eigenvalue weighted by molar-refractivity contribution is 5.73. The molecular weight excluding hydrogens is 537 g/mol. The molecule has 2 saturated heterocycles. The minimum atomic E-state index is -3.96. The molecule has 0 bridgehead atoms. The van der Waals surface area contributed by atoms with E-state index in [1.54, 1.807) is 0 Å². The summed E-state index contributed by atoms with van der Waals surface area (Å²) in [5.74, 6) is 6.65. The van der Waals surface area contributed by atoms with Gasteiger partial charge in [0, 0.05) is 67.9 Å². The summed E-state index contributed by atoms with van der Waals surface area (Å²) in [7, 11) is 1.95. The third-order valence-electron chi connectivity index (χ3n) is 7.82. The molecule has 4 rings (SSSR count). The molecule has 42 heavy (non-hydrogen) atoms. The minimum absolute atomic E-state index is 0.509. The molecule has 1 unspecified atom stereocenters. The van der Waals surface area contributed by atoms with Gasteiger partial charge in [-0.25, -0.2) is 0 Å². The number of nitrogens with one attached hydrogen (secondary N) is 3. The molecule has 2 aromatic carbocycles. The lowest BCUT2D eigenvalue weighted by molar-refractivity contribution is -0.130. The van der Waals surface area contributed by atoms with Gasteiger partial charge in [-0.05, 0) is 86.6 Å². The van der Waals surface area contributed by atoms with Crippen molar-refractivity contribution in [2.24, 2.45) is 0 Å². The summed E-state index contributed by atoms with van der Waals surface area (Å²) in [4.78, 5) is 2.62. The van der Waals surface area contributed by atoms with Gasteiger partial charge in [0.2, 0.25) is 0 Å². The van der Waals surface area contributed by atoms with Gasteiger partial charge >= 0.3 is 6.18 Å². The highest BCUT2D eigenvalue weighted by Gasteiger charge is 2.27. The number of hydrogen-bond donors (Lipinski definition) is 3. The lowest BCUT2D eigenvalue weighted by Crippen LogP contribution is -2.44. The van der Waals surface area contributed by atoms with E-state index in [0.29, 0.717) is 18.6 Å². The normalized spacial score (nSPS) is 18.0. The Kier molecular flexibility index (Phi) is 13.1. The zero-order valence-corrected chi connectivity index (χ0v) is 25.8. The van der Waals surface area contributed by atoms with Crippen LogP contribution in [0.4, 0.5) is 30.2 Å². The topological polar surface area (TPSA) is 48.6 Å². The van der Waals surface area contributed by atoms with Crippen LogP contribution in [0.3, 0.4) is 0 Å². The molecule has 230 valence electrons. The van der Waals surface area contributed by atoms with Gasteiger partial charge in [0.15, 0.2) is 0 Å². The number of piperidine rings is 1. The quantitative estimate of drug-likeness (QED) is 0.277. The Balaban J connectivity index is 0.000000730. The molecule has 2 aliphatic rings. The second kappa shape index (κ2) is 16.5. The first-order valence-electron chi connectivity index (χ1n) is 15.1. The van der Waals surface area contributed by atoms with Crippen molar-refractivity contribution in [2.45, 2.75) is 78.1 Å². The van der Waals surface area contributed by atoms with Crippen LogP contribution in [-0.2, 0) is 11.2 Å². The predicted octanol–water partition coefficient (Wildman–Crippen LogP) is 7.74. The van der Waals surface area contributed by atoms with Crippen molar-refractivity contribution < 1.29 is 17.9 Å². The van der Waals surface area contributed by atoms with E-state index in [1.807, 2.05) is 7.05 Å². The smallest absolute Gasteiger partial charge is 0.388 e. The number of rotatable bonds is 8. The van der Waals surface area contributed by atoms with Gasteiger partial charge in [-0.15, -0.1) is 0 Å². The van der Waals surface area contributed by atoms with Gasteiger partial charge in [0.1, 0.15) is 0 Å². The summed E-state index contributed by atoms with van der Waals surface area (Å²) in [6.45, 7) is 12.3. The molecule has 0 amide bonds. The minimum Gasteiger partial charge on any atom is -0.388 e. The molecule has 8 heteroatoms. The number of nitrogens with zero attached hydrogens (tertiary/aromatic N) is 1. The molecule has 0 radical (unpaired) electrons. The average Bonchev–Trinajstić information content (AvgIpc) is 3.53. The van der Waals surface area contributed by atoms with Gasteiger partial charge < -0.3 is 20.7 Å². The fourth-order valence-electron chi connectivity index (χ4n) is 5.23. The van der Waals surface area contributed by atoms with Crippen LogP contribution in [0, 0.1) is 18.8 Å². The fourth-order valence-corrected chi connectivity index (χ4v) is 5.23.